The minimum atomic E-state index is -0.824. The van der Waals surface area contributed by atoms with E-state index in [1.807, 2.05) is 0 Å². The Bertz CT molecular complexity index is 928. The number of benzene rings is 1. The molecule has 3 aromatic rings. The first kappa shape index (κ1) is 10.5. The third kappa shape index (κ3) is 1.09. The van der Waals surface area contributed by atoms with Gasteiger partial charge in [-0.3, -0.25) is 9.59 Å². The molecule has 0 amide bonds. The molecule has 0 bridgehead atoms. The van der Waals surface area contributed by atoms with Crippen molar-refractivity contribution in [3.63, 3.8) is 0 Å². The summed E-state index contributed by atoms with van der Waals surface area (Å²) in [7, 11) is 1.44. The van der Waals surface area contributed by atoms with Crippen LogP contribution in [0.15, 0.2) is 30.9 Å². The van der Waals surface area contributed by atoms with Crippen LogP contribution in [-0.4, -0.2) is 7.11 Å². The number of hydrogen-bond donors (Lipinski definition) is 1. The molecule has 1 aromatic heterocycles. The lowest BCUT2D eigenvalue weighted by molar-refractivity contribution is 0.414. The molecule has 6 heteroatoms. The topological polar surface area (TPSA) is 99.6 Å². The molecule has 0 aliphatic heterocycles. The molecule has 0 aliphatic rings. The molecule has 0 fully saturated rings. The second-order valence-corrected chi connectivity index (χ2v) is 3.89. The number of nitrogens with two attached hydrogens (primary N) is 1. The highest BCUT2D eigenvalue weighted by molar-refractivity contribution is 6.12. The highest BCUT2D eigenvalue weighted by atomic mass is 16.5. The lowest BCUT2D eigenvalue weighted by Crippen LogP contribution is -2.35. The Kier molecular flexibility index (Phi) is 1.87. The zero-order valence-electron chi connectivity index (χ0n) is 9.27. The van der Waals surface area contributed by atoms with Gasteiger partial charge < -0.3 is 14.9 Å². The number of hydrogen-bond acceptors (Lipinski definition) is 6. The van der Waals surface area contributed by atoms with Crippen LogP contribution in [0.3, 0.4) is 0 Å². The molecule has 0 aliphatic carbocycles. The van der Waals surface area contributed by atoms with Gasteiger partial charge in [0.2, 0.25) is 10.9 Å². The van der Waals surface area contributed by atoms with E-state index in [4.69, 9.17) is 14.9 Å². The summed E-state index contributed by atoms with van der Waals surface area (Å²) in [6.07, 6.45) is 0. The maximum Gasteiger partial charge on any atom is 0.348 e. The van der Waals surface area contributed by atoms with Crippen molar-refractivity contribution in [1.82, 2.24) is 0 Å². The first-order chi connectivity index (χ1) is 8.54. The zero-order valence-corrected chi connectivity index (χ0v) is 9.27. The molecule has 1 heterocycles. The van der Waals surface area contributed by atoms with E-state index in [1.165, 1.54) is 19.2 Å². The number of ether oxygens (including phenoxy) is 1. The quantitative estimate of drug-likeness (QED) is 0.371. The van der Waals surface area contributed by atoms with Crippen LogP contribution in [0.1, 0.15) is 0 Å². The van der Waals surface area contributed by atoms with Crippen LogP contribution in [-0.2, 0) is 0 Å². The van der Waals surface area contributed by atoms with Gasteiger partial charge in [0.15, 0.2) is 0 Å². The Morgan fingerprint density at radius 1 is 1.06 bits per heavy atom. The largest absolute Gasteiger partial charge is 0.497 e. The van der Waals surface area contributed by atoms with E-state index in [0.29, 0.717) is 5.75 Å². The first-order valence-corrected chi connectivity index (χ1v) is 5.08. The van der Waals surface area contributed by atoms with E-state index < -0.39 is 16.5 Å². The highest BCUT2D eigenvalue weighted by Crippen LogP contribution is 2.30. The third-order valence-electron chi connectivity index (χ3n) is 2.91. The maximum atomic E-state index is 11.6. The second-order valence-electron chi connectivity index (χ2n) is 3.89. The average molecular weight is 245 g/mol. The van der Waals surface area contributed by atoms with Gasteiger partial charge in [-0.25, -0.2) is 4.79 Å². The molecular weight excluding hydrogens is 238 g/mol. The van der Waals surface area contributed by atoms with E-state index in [1.54, 1.807) is 0 Å². The van der Waals surface area contributed by atoms with Gasteiger partial charge in [0.05, 0.1) is 17.9 Å². The van der Waals surface area contributed by atoms with Crippen molar-refractivity contribution < 1.29 is 9.15 Å². The predicted molar refractivity (Wildman–Crippen MR) is 65.9 cm³/mol. The minimum Gasteiger partial charge on any atom is -0.497 e. The fourth-order valence-electron chi connectivity index (χ4n) is 2.05. The maximum absolute atomic E-state index is 11.6. The molecule has 2 aromatic carbocycles. The van der Waals surface area contributed by atoms with Crippen LogP contribution in [0.5, 0.6) is 5.75 Å². The van der Waals surface area contributed by atoms with Gasteiger partial charge in [0.1, 0.15) is 16.7 Å². The normalized spacial score (nSPS) is 11.4. The van der Waals surface area contributed by atoms with Crippen LogP contribution < -0.4 is 27.0 Å². The Morgan fingerprint density at radius 3 is 2.39 bits per heavy atom. The molecule has 3 rings (SSSR count). The number of fused-ring (bicyclic) bond motifs is 3. The molecule has 0 spiro atoms. The molecule has 0 unspecified atom stereocenters. The van der Waals surface area contributed by atoms with Crippen LogP contribution >= 0.6 is 0 Å². The fraction of sp³-hybridized carbons (Fsp3) is 0.0833. The summed E-state index contributed by atoms with van der Waals surface area (Å²) in [5.41, 5.74) is 3.79. The first-order valence-electron chi connectivity index (χ1n) is 5.08. The van der Waals surface area contributed by atoms with Crippen LogP contribution in [0, 0.1) is 0 Å². The van der Waals surface area contributed by atoms with Crippen molar-refractivity contribution >= 4 is 27.4 Å². The lowest BCUT2D eigenvalue weighted by atomic mass is 10.0. The summed E-state index contributed by atoms with van der Waals surface area (Å²) in [5, 5.41) is 0.116. The van der Waals surface area contributed by atoms with Crippen molar-refractivity contribution in [2.45, 2.75) is 0 Å². The van der Waals surface area contributed by atoms with E-state index in [-0.39, 0.29) is 27.4 Å². The van der Waals surface area contributed by atoms with Crippen molar-refractivity contribution in [1.29, 1.82) is 0 Å². The Morgan fingerprint density at radius 2 is 1.72 bits per heavy atom. The second kappa shape index (κ2) is 3.19. The summed E-state index contributed by atoms with van der Waals surface area (Å²) >= 11 is 0. The van der Waals surface area contributed by atoms with Crippen LogP contribution in [0.4, 0.5) is 5.69 Å². The molecular formula is C12H7NO5. The Hall–Kier alpha value is -2.63. The van der Waals surface area contributed by atoms with Gasteiger partial charge in [-0.1, -0.05) is 0 Å². The fourth-order valence-corrected chi connectivity index (χ4v) is 2.05. The molecule has 0 radical (unpaired) electrons. The van der Waals surface area contributed by atoms with Crippen LogP contribution in [0.25, 0.3) is 21.7 Å². The Labute approximate surface area is 98.9 Å². The highest BCUT2D eigenvalue weighted by Gasteiger charge is 2.22. The minimum absolute atomic E-state index is 0.0476. The summed E-state index contributed by atoms with van der Waals surface area (Å²) in [4.78, 5) is 34.3. The molecule has 18 heavy (non-hydrogen) atoms. The number of anilines is 1. The molecule has 2 N–H and O–H groups in total. The molecule has 90 valence electrons. The lowest BCUT2D eigenvalue weighted by Gasteiger charge is -2.08. The van der Waals surface area contributed by atoms with Gasteiger partial charge in [-0.2, -0.15) is 0 Å². The number of rotatable bonds is 1. The zero-order chi connectivity index (χ0) is 13.0. The predicted octanol–water partition coefficient (Wildman–Crippen LogP) is 0.133. The number of nitrogen functional groups attached to an aromatic ring is 1. The smallest absolute Gasteiger partial charge is 0.348 e. The SMILES string of the molecule is COc1cc(N)c2c(c1)oc(=O)c1c(=O)c(=O)c12. The summed E-state index contributed by atoms with van der Waals surface area (Å²) < 4.78 is 9.96. The van der Waals surface area contributed by atoms with E-state index in [0.717, 1.165) is 0 Å². The van der Waals surface area contributed by atoms with Gasteiger partial charge in [-0.15, -0.1) is 0 Å². The van der Waals surface area contributed by atoms with Crippen molar-refractivity contribution in [2.24, 2.45) is 0 Å². The molecule has 0 saturated heterocycles. The molecule has 6 nitrogen and oxygen atoms in total. The van der Waals surface area contributed by atoms with Gasteiger partial charge in [0, 0.05) is 17.8 Å². The standard InChI is InChI=1S/C12H7NO5/c1-17-4-2-5(13)7-6(3-4)18-12(16)9-8(7)10(14)11(9)15/h2-3H,13H2,1H3. The Balaban J connectivity index is 2.65. The number of methoxy groups -OCH3 is 1. The van der Waals surface area contributed by atoms with Crippen molar-refractivity contribution in [3.8, 4) is 5.75 Å². The summed E-state index contributed by atoms with van der Waals surface area (Å²) in [5.74, 6) is 0.404. The van der Waals surface area contributed by atoms with Crippen molar-refractivity contribution in [3.05, 3.63) is 43.0 Å². The average Bonchev–Trinajstić information content (AvgIpc) is 2.35. The monoisotopic (exact) mass is 245 g/mol. The van der Waals surface area contributed by atoms with E-state index >= 15 is 0 Å². The molecule has 0 atom stereocenters. The van der Waals surface area contributed by atoms with Crippen molar-refractivity contribution in [2.75, 3.05) is 12.8 Å². The van der Waals surface area contributed by atoms with Gasteiger partial charge in [-0.05, 0) is 0 Å². The third-order valence-corrected chi connectivity index (χ3v) is 2.91. The van der Waals surface area contributed by atoms with Crippen LogP contribution in [0.2, 0.25) is 0 Å². The van der Waals surface area contributed by atoms with Gasteiger partial charge in [0.25, 0.3) is 0 Å². The molecule has 0 saturated carbocycles. The summed E-state index contributed by atoms with van der Waals surface area (Å²) in [6, 6.07) is 2.95. The summed E-state index contributed by atoms with van der Waals surface area (Å²) in [6.45, 7) is 0. The van der Waals surface area contributed by atoms with Gasteiger partial charge >= 0.3 is 5.63 Å². The van der Waals surface area contributed by atoms with E-state index in [2.05, 4.69) is 0 Å². The van der Waals surface area contributed by atoms with E-state index in [9.17, 15) is 14.4 Å².